The summed E-state index contributed by atoms with van der Waals surface area (Å²) in [5.74, 6) is 0.813. The van der Waals surface area contributed by atoms with E-state index in [2.05, 4.69) is 10.6 Å². The van der Waals surface area contributed by atoms with Gasteiger partial charge in [0, 0.05) is 31.4 Å². The van der Waals surface area contributed by atoms with E-state index in [9.17, 15) is 4.79 Å². The average molecular weight is 325 g/mol. The first-order chi connectivity index (χ1) is 11.7. The van der Waals surface area contributed by atoms with E-state index in [-0.39, 0.29) is 11.9 Å². The van der Waals surface area contributed by atoms with Crippen molar-refractivity contribution in [2.24, 2.45) is 0 Å². The molecule has 0 bridgehead atoms. The molecule has 1 atom stereocenters. The molecule has 1 heterocycles. The van der Waals surface area contributed by atoms with Crippen LogP contribution in [0.4, 0.5) is 11.4 Å². The third-order valence-corrected chi connectivity index (χ3v) is 4.41. The molecule has 0 aromatic heterocycles. The molecule has 1 amide bonds. The lowest BCUT2D eigenvalue weighted by Crippen LogP contribution is -2.38. The van der Waals surface area contributed by atoms with Crippen LogP contribution in [0.3, 0.4) is 0 Å². The first-order valence-electron chi connectivity index (χ1n) is 8.17. The fraction of sp³-hybridized carbons (Fsp3) is 0.316. The molecule has 1 saturated heterocycles. The van der Waals surface area contributed by atoms with Gasteiger partial charge < -0.3 is 20.3 Å². The fourth-order valence-electron chi connectivity index (χ4n) is 2.96. The molecule has 5 nitrogen and oxygen atoms in total. The number of carbonyl (C=O) groups is 1. The van der Waals surface area contributed by atoms with Crippen molar-refractivity contribution in [3.8, 4) is 5.75 Å². The van der Waals surface area contributed by atoms with Gasteiger partial charge in [-0.1, -0.05) is 18.2 Å². The Morgan fingerprint density at radius 2 is 2.08 bits per heavy atom. The van der Waals surface area contributed by atoms with Crippen molar-refractivity contribution in [3.63, 3.8) is 0 Å². The Balaban J connectivity index is 1.83. The Kier molecular flexibility index (Phi) is 5.01. The molecule has 1 aliphatic heterocycles. The number of nitrogens with one attached hydrogen (secondary N) is 2. The minimum atomic E-state index is 0.0368. The van der Waals surface area contributed by atoms with Gasteiger partial charge in [0.2, 0.25) is 0 Å². The maximum Gasteiger partial charge on any atom is 0.255 e. The normalized spacial score (nSPS) is 16.7. The lowest BCUT2D eigenvalue weighted by molar-refractivity contribution is 0.0745. The zero-order valence-electron chi connectivity index (χ0n) is 14.1. The second kappa shape index (κ2) is 7.36. The van der Waals surface area contributed by atoms with E-state index in [1.807, 2.05) is 60.5 Å². The van der Waals surface area contributed by atoms with E-state index < -0.39 is 0 Å². The van der Waals surface area contributed by atoms with E-state index in [0.29, 0.717) is 5.56 Å². The number of amides is 1. The molecule has 0 saturated carbocycles. The number of hydrogen-bond donors (Lipinski definition) is 2. The summed E-state index contributed by atoms with van der Waals surface area (Å²) in [5, 5.41) is 6.63. The lowest BCUT2D eigenvalue weighted by Gasteiger charge is -2.25. The van der Waals surface area contributed by atoms with Gasteiger partial charge in [-0.25, -0.2) is 0 Å². The van der Waals surface area contributed by atoms with Crippen LogP contribution >= 0.6 is 0 Å². The number of para-hydroxylation sites is 1. The van der Waals surface area contributed by atoms with Crippen molar-refractivity contribution in [3.05, 3.63) is 54.1 Å². The molecule has 2 aromatic carbocycles. The molecule has 0 spiro atoms. The van der Waals surface area contributed by atoms with Gasteiger partial charge in [-0.05, 0) is 37.2 Å². The number of carbonyl (C=O) groups excluding carboxylic acids is 1. The maximum atomic E-state index is 12.9. The number of likely N-dealkylation sites (N-methyl/N-ethyl adjacent to an activating group) is 1. The number of rotatable bonds is 5. The van der Waals surface area contributed by atoms with Crippen LogP contribution in [0.2, 0.25) is 0 Å². The molecule has 2 aromatic rings. The van der Waals surface area contributed by atoms with Gasteiger partial charge in [0.05, 0.1) is 18.4 Å². The molecule has 0 aliphatic carbocycles. The minimum Gasteiger partial charge on any atom is -0.497 e. The van der Waals surface area contributed by atoms with Crippen LogP contribution < -0.4 is 15.4 Å². The predicted octanol–water partition coefficient (Wildman–Crippen LogP) is 2.87. The van der Waals surface area contributed by atoms with Crippen molar-refractivity contribution in [2.45, 2.75) is 12.5 Å². The summed E-state index contributed by atoms with van der Waals surface area (Å²) in [6.45, 7) is 1.82. The number of ether oxygens (including phenoxy) is 1. The third-order valence-electron chi connectivity index (χ3n) is 4.41. The van der Waals surface area contributed by atoms with E-state index in [4.69, 9.17) is 4.74 Å². The van der Waals surface area contributed by atoms with Crippen LogP contribution in [0.15, 0.2) is 48.5 Å². The quantitative estimate of drug-likeness (QED) is 0.887. The first-order valence-corrected chi connectivity index (χ1v) is 8.17. The number of benzene rings is 2. The Morgan fingerprint density at radius 1 is 1.25 bits per heavy atom. The van der Waals surface area contributed by atoms with Gasteiger partial charge in [0.25, 0.3) is 5.91 Å². The van der Waals surface area contributed by atoms with Crippen LogP contribution in [0, 0.1) is 0 Å². The SMILES string of the molecule is COc1cccc(Nc2ccccc2C(=O)N(C)[C@H]2CCNC2)c1. The molecule has 3 rings (SSSR count). The highest BCUT2D eigenvalue weighted by Crippen LogP contribution is 2.25. The molecule has 1 fully saturated rings. The van der Waals surface area contributed by atoms with Crippen molar-refractivity contribution in [2.75, 3.05) is 32.6 Å². The Labute approximate surface area is 142 Å². The average Bonchev–Trinajstić information content (AvgIpc) is 3.16. The highest BCUT2D eigenvalue weighted by Gasteiger charge is 2.25. The van der Waals surface area contributed by atoms with Gasteiger partial charge in [-0.2, -0.15) is 0 Å². The Bertz CT molecular complexity index is 711. The summed E-state index contributed by atoms with van der Waals surface area (Å²) in [6, 6.07) is 15.5. The second-order valence-corrected chi connectivity index (χ2v) is 5.97. The molecule has 0 unspecified atom stereocenters. The first kappa shape index (κ1) is 16.3. The fourth-order valence-corrected chi connectivity index (χ4v) is 2.96. The molecule has 1 aliphatic rings. The monoisotopic (exact) mass is 325 g/mol. The summed E-state index contributed by atoms with van der Waals surface area (Å²) < 4.78 is 5.25. The zero-order chi connectivity index (χ0) is 16.9. The van der Waals surface area contributed by atoms with Crippen LogP contribution in [0.25, 0.3) is 0 Å². The number of methoxy groups -OCH3 is 1. The van der Waals surface area contributed by atoms with E-state index in [1.54, 1.807) is 7.11 Å². The van der Waals surface area contributed by atoms with Crippen molar-refractivity contribution in [1.29, 1.82) is 0 Å². The number of hydrogen-bond acceptors (Lipinski definition) is 4. The third kappa shape index (κ3) is 3.51. The summed E-state index contributed by atoms with van der Waals surface area (Å²) in [5.41, 5.74) is 2.36. The molecule has 2 N–H and O–H groups in total. The Morgan fingerprint density at radius 3 is 2.83 bits per heavy atom. The lowest BCUT2D eigenvalue weighted by atomic mass is 10.1. The van der Waals surface area contributed by atoms with Gasteiger partial charge >= 0.3 is 0 Å². The molecular weight excluding hydrogens is 302 g/mol. The van der Waals surface area contributed by atoms with Crippen LogP contribution in [-0.4, -0.2) is 44.1 Å². The number of nitrogens with zero attached hydrogens (tertiary/aromatic N) is 1. The van der Waals surface area contributed by atoms with Crippen molar-refractivity contribution < 1.29 is 9.53 Å². The van der Waals surface area contributed by atoms with Crippen molar-refractivity contribution in [1.82, 2.24) is 10.2 Å². The summed E-state index contributed by atoms with van der Waals surface area (Å²) in [7, 11) is 3.52. The second-order valence-electron chi connectivity index (χ2n) is 5.97. The largest absolute Gasteiger partial charge is 0.497 e. The van der Waals surface area contributed by atoms with E-state index in [0.717, 1.165) is 36.6 Å². The molecule has 0 radical (unpaired) electrons. The van der Waals surface area contributed by atoms with Gasteiger partial charge in [0.1, 0.15) is 5.75 Å². The molecule has 5 heteroatoms. The van der Waals surface area contributed by atoms with E-state index >= 15 is 0 Å². The highest BCUT2D eigenvalue weighted by molar-refractivity contribution is 6.00. The summed E-state index contributed by atoms with van der Waals surface area (Å²) in [6.07, 6.45) is 0.994. The molecule has 126 valence electrons. The predicted molar refractivity (Wildman–Crippen MR) is 96.1 cm³/mol. The number of anilines is 2. The molecular formula is C19H23N3O2. The van der Waals surface area contributed by atoms with Gasteiger partial charge in [-0.15, -0.1) is 0 Å². The Hall–Kier alpha value is -2.53. The smallest absolute Gasteiger partial charge is 0.255 e. The van der Waals surface area contributed by atoms with Crippen LogP contribution in [0.5, 0.6) is 5.75 Å². The topological polar surface area (TPSA) is 53.6 Å². The summed E-state index contributed by atoms with van der Waals surface area (Å²) in [4.78, 5) is 14.7. The summed E-state index contributed by atoms with van der Waals surface area (Å²) >= 11 is 0. The minimum absolute atomic E-state index is 0.0368. The standard InChI is InChI=1S/C19H23N3O2/c1-22(15-10-11-20-13-15)19(23)17-8-3-4-9-18(17)21-14-6-5-7-16(12-14)24-2/h3-9,12,15,20-21H,10-11,13H2,1-2H3/t15-/m0/s1. The van der Waals surface area contributed by atoms with Gasteiger partial charge in [0.15, 0.2) is 0 Å². The molecule has 24 heavy (non-hydrogen) atoms. The van der Waals surface area contributed by atoms with Crippen molar-refractivity contribution >= 4 is 17.3 Å². The zero-order valence-corrected chi connectivity index (χ0v) is 14.1. The highest BCUT2D eigenvalue weighted by atomic mass is 16.5. The van der Waals surface area contributed by atoms with Crippen LogP contribution in [-0.2, 0) is 0 Å². The van der Waals surface area contributed by atoms with E-state index in [1.165, 1.54) is 0 Å². The maximum absolute atomic E-state index is 12.9. The van der Waals surface area contributed by atoms with Crippen LogP contribution in [0.1, 0.15) is 16.8 Å². The van der Waals surface area contributed by atoms with Gasteiger partial charge in [-0.3, -0.25) is 4.79 Å².